The number of carboxylic acid groups (broad SMARTS) is 1. The van der Waals surface area contributed by atoms with Crippen LogP contribution >= 0.6 is 46.1 Å². The summed E-state index contributed by atoms with van der Waals surface area (Å²) in [5.74, 6) is -1.06. The molecule has 0 saturated heterocycles. The second-order valence-electron chi connectivity index (χ2n) is 8.81. The molecule has 4 aromatic rings. The normalized spacial score (nSPS) is 12.8. The number of hydrogen-bond donors (Lipinski definition) is 1. The SMILES string of the molecule is Cc1cc2nc(-c3cc(Cl)nc(Cl)c3)sc2c(-c2ccc(Cl)cc2)c1C(OC(C)(C)C)C(=O)O. The van der Waals surface area contributed by atoms with Gasteiger partial charge in [0.15, 0.2) is 6.10 Å². The third-order valence-electron chi connectivity index (χ3n) is 5.03. The molecule has 5 nitrogen and oxygen atoms in total. The smallest absolute Gasteiger partial charge is 0.337 e. The van der Waals surface area contributed by atoms with Crippen molar-refractivity contribution in [1.82, 2.24) is 9.97 Å². The largest absolute Gasteiger partial charge is 0.479 e. The van der Waals surface area contributed by atoms with Crippen LogP contribution in [0.1, 0.15) is 38.0 Å². The van der Waals surface area contributed by atoms with Crippen molar-refractivity contribution in [3.05, 3.63) is 68.9 Å². The maximum atomic E-state index is 12.4. The van der Waals surface area contributed by atoms with E-state index in [9.17, 15) is 9.90 Å². The Labute approximate surface area is 216 Å². The molecule has 2 aromatic heterocycles. The van der Waals surface area contributed by atoms with Crippen LogP contribution in [-0.4, -0.2) is 26.6 Å². The van der Waals surface area contributed by atoms with Crippen LogP contribution in [-0.2, 0) is 9.53 Å². The Morgan fingerprint density at radius 3 is 2.18 bits per heavy atom. The molecule has 0 saturated carbocycles. The molecule has 4 rings (SSSR count). The summed E-state index contributed by atoms with van der Waals surface area (Å²) in [6.45, 7) is 7.37. The van der Waals surface area contributed by atoms with Crippen LogP contribution < -0.4 is 0 Å². The van der Waals surface area contributed by atoms with E-state index in [-0.39, 0.29) is 10.3 Å². The summed E-state index contributed by atoms with van der Waals surface area (Å²) in [6, 6.07) is 12.6. The number of aryl methyl sites for hydroxylation is 1. The quantitative estimate of drug-likeness (QED) is 0.261. The van der Waals surface area contributed by atoms with Gasteiger partial charge in [0.25, 0.3) is 0 Å². The molecular formula is C25H21Cl3N2O3S. The van der Waals surface area contributed by atoms with Gasteiger partial charge in [0.1, 0.15) is 15.3 Å². The highest BCUT2D eigenvalue weighted by Crippen LogP contribution is 2.44. The summed E-state index contributed by atoms with van der Waals surface area (Å²) in [5.41, 5.74) is 3.69. The van der Waals surface area contributed by atoms with Crippen molar-refractivity contribution in [2.24, 2.45) is 0 Å². The van der Waals surface area contributed by atoms with E-state index < -0.39 is 17.7 Å². The van der Waals surface area contributed by atoms with Crippen LogP contribution in [0.15, 0.2) is 42.5 Å². The van der Waals surface area contributed by atoms with Gasteiger partial charge in [-0.15, -0.1) is 11.3 Å². The van der Waals surface area contributed by atoms with Crippen LogP contribution in [0.2, 0.25) is 15.3 Å². The number of carboxylic acids is 1. The monoisotopic (exact) mass is 534 g/mol. The van der Waals surface area contributed by atoms with Crippen molar-refractivity contribution in [3.63, 3.8) is 0 Å². The Morgan fingerprint density at radius 1 is 1.00 bits per heavy atom. The van der Waals surface area contributed by atoms with Crippen LogP contribution in [0.3, 0.4) is 0 Å². The van der Waals surface area contributed by atoms with E-state index in [4.69, 9.17) is 44.5 Å². The van der Waals surface area contributed by atoms with E-state index in [0.29, 0.717) is 15.6 Å². The number of carbonyl (C=O) groups is 1. The molecule has 2 heterocycles. The maximum absolute atomic E-state index is 12.4. The maximum Gasteiger partial charge on any atom is 0.337 e. The van der Waals surface area contributed by atoms with Crippen molar-refractivity contribution in [2.45, 2.75) is 39.4 Å². The Bertz CT molecular complexity index is 1380. The fourth-order valence-corrected chi connectivity index (χ4v) is 5.45. The highest BCUT2D eigenvalue weighted by Gasteiger charge is 2.32. The zero-order valence-corrected chi connectivity index (χ0v) is 21.9. The number of pyridine rings is 1. The van der Waals surface area contributed by atoms with Gasteiger partial charge < -0.3 is 9.84 Å². The second kappa shape index (κ2) is 9.44. The molecular weight excluding hydrogens is 515 g/mol. The average molecular weight is 536 g/mol. The molecule has 0 bridgehead atoms. The Hall–Kier alpha value is -2.22. The van der Waals surface area contributed by atoms with Crippen molar-refractivity contribution in [2.75, 3.05) is 0 Å². The minimum atomic E-state index is -1.18. The van der Waals surface area contributed by atoms with Crippen molar-refractivity contribution in [1.29, 1.82) is 0 Å². The lowest BCUT2D eigenvalue weighted by Crippen LogP contribution is -2.28. The molecule has 0 amide bonds. The molecule has 0 radical (unpaired) electrons. The molecule has 0 fully saturated rings. The molecule has 1 atom stereocenters. The summed E-state index contributed by atoms with van der Waals surface area (Å²) >= 11 is 19.8. The standard InChI is InChI=1S/C25H21Cl3N2O3S/c1-12-9-16-22(34-23(29-16)14-10-17(27)30-18(28)11-14)20(13-5-7-15(26)8-6-13)19(12)21(24(31)32)33-25(2,3)4/h5-11,21H,1-4H3,(H,31,32). The zero-order valence-electron chi connectivity index (χ0n) is 18.8. The van der Waals surface area contributed by atoms with Crippen LogP contribution in [0, 0.1) is 6.92 Å². The Kier molecular flexibility index (Phi) is 6.91. The molecule has 0 aliphatic heterocycles. The fourth-order valence-electron chi connectivity index (χ4n) is 3.75. The number of benzene rings is 2. The summed E-state index contributed by atoms with van der Waals surface area (Å²) in [4.78, 5) is 21.2. The second-order valence-corrected chi connectivity index (χ2v) is 11.0. The minimum Gasteiger partial charge on any atom is -0.479 e. The molecule has 9 heteroatoms. The van der Waals surface area contributed by atoms with E-state index in [0.717, 1.165) is 32.5 Å². The third kappa shape index (κ3) is 5.21. The van der Waals surface area contributed by atoms with E-state index in [1.54, 1.807) is 24.3 Å². The number of aliphatic carboxylic acids is 1. The molecule has 0 aliphatic carbocycles. The van der Waals surface area contributed by atoms with Crippen LogP contribution in [0.5, 0.6) is 0 Å². The topological polar surface area (TPSA) is 72.3 Å². The summed E-state index contributed by atoms with van der Waals surface area (Å²) in [5, 5.41) is 12.0. The average Bonchev–Trinajstić information content (AvgIpc) is 3.14. The van der Waals surface area contributed by atoms with Gasteiger partial charge in [-0.1, -0.05) is 46.9 Å². The van der Waals surface area contributed by atoms with Gasteiger partial charge in [-0.3, -0.25) is 0 Å². The molecule has 1 unspecified atom stereocenters. The first-order chi connectivity index (χ1) is 15.9. The highest BCUT2D eigenvalue weighted by atomic mass is 35.5. The number of aromatic nitrogens is 2. The van der Waals surface area contributed by atoms with E-state index >= 15 is 0 Å². The van der Waals surface area contributed by atoms with Gasteiger partial charge >= 0.3 is 5.97 Å². The summed E-state index contributed by atoms with van der Waals surface area (Å²) in [7, 11) is 0. The zero-order chi connectivity index (χ0) is 24.8. The number of rotatable bonds is 5. The summed E-state index contributed by atoms with van der Waals surface area (Å²) < 4.78 is 6.86. The third-order valence-corrected chi connectivity index (χ3v) is 6.81. The predicted molar refractivity (Wildman–Crippen MR) is 139 cm³/mol. The first-order valence-corrected chi connectivity index (χ1v) is 12.3. The molecule has 176 valence electrons. The Morgan fingerprint density at radius 2 is 1.62 bits per heavy atom. The van der Waals surface area contributed by atoms with Gasteiger partial charge in [-0.25, -0.2) is 14.8 Å². The Balaban J connectivity index is 2.04. The summed E-state index contributed by atoms with van der Waals surface area (Å²) in [6.07, 6.45) is -1.18. The minimum absolute atomic E-state index is 0.265. The van der Waals surface area contributed by atoms with Crippen molar-refractivity contribution in [3.8, 4) is 21.7 Å². The van der Waals surface area contributed by atoms with Crippen molar-refractivity contribution < 1.29 is 14.6 Å². The first kappa shape index (κ1) is 24.9. The number of nitrogens with zero attached hydrogens (tertiary/aromatic N) is 2. The van der Waals surface area contributed by atoms with Gasteiger partial charge in [0, 0.05) is 21.7 Å². The fraction of sp³-hybridized carbons (Fsp3) is 0.240. The highest BCUT2D eigenvalue weighted by molar-refractivity contribution is 7.22. The molecule has 0 spiro atoms. The molecule has 0 aliphatic rings. The lowest BCUT2D eigenvalue weighted by molar-refractivity contribution is -0.160. The lowest BCUT2D eigenvalue weighted by Gasteiger charge is -2.28. The van der Waals surface area contributed by atoms with Gasteiger partial charge in [0.2, 0.25) is 0 Å². The first-order valence-electron chi connectivity index (χ1n) is 10.4. The lowest BCUT2D eigenvalue weighted by atomic mass is 9.91. The number of thiazole rings is 1. The number of ether oxygens (including phenoxy) is 1. The molecule has 34 heavy (non-hydrogen) atoms. The predicted octanol–water partition coefficient (Wildman–Crippen LogP) is 8.23. The number of fused-ring (bicyclic) bond motifs is 1. The van der Waals surface area contributed by atoms with E-state index in [2.05, 4.69) is 4.98 Å². The van der Waals surface area contributed by atoms with Crippen LogP contribution in [0.4, 0.5) is 0 Å². The van der Waals surface area contributed by atoms with E-state index in [1.165, 1.54) is 11.3 Å². The van der Waals surface area contributed by atoms with Gasteiger partial charge in [-0.05, 0) is 69.2 Å². The van der Waals surface area contributed by atoms with Crippen LogP contribution in [0.25, 0.3) is 31.9 Å². The molecule has 1 N–H and O–H groups in total. The number of halogens is 3. The number of hydrogen-bond acceptors (Lipinski definition) is 5. The van der Waals surface area contributed by atoms with Gasteiger partial charge in [0.05, 0.1) is 15.8 Å². The van der Waals surface area contributed by atoms with Gasteiger partial charge in [-0.2, -0.15) is 0 Å². The molecule has 2 aromatic carbocycles. The van der Waals surface area contributed by atoms with Crippen molar-refractivity contribution >= 4 is 62.3 Å². The van der Waals surface area contributed by atoms with E-state index in [1.807, 2.05) is 45.9 Å².